The summed E-state index contributed by atoms with van der Waals surface area (Å²) in [6, 6.07) is 8.57. The molecule has 2 aliphatic carbocycles. The van der Waals surface area contributed by atoms with E-state index in [0.29, 0.717) is 16.1 Å². The largest absolute Gasteiger partial charge is 0.246 e. The zero-order valence-corrected chi connectivity index (χ0v) is 15.0. The van der Waals surface area contributed by atoms with E-state index >= 15 is 0 Å². The van der Waals surface area contributed by atoms with Crippen molar-refractivity contribution in [3.8, 4) is 0 Å². The van der Waals surface area contributed by atoms with Gasteiger partial charge in [0.05, 0.1) is 0 Å². The Labute approximate surface area is 143 Å². The van der Waals surface area contributed by atoms with Crippen LogP contribution in [-0.4, -0.2) is 20.7 Å². The molecule has 1 saturated carbocycles. The SMILES string of the molecule is C=C/C=C(\SC)S(=O)(=O)NC1C2CCC1Cc1ccccc1C2. The molecule has 2 unspecified atom stereocenters. The number of hydrogen-bond acceptors (Lipinski definition) is 3. The summed E-state index contributed by atoms with van der Waals surface area (Å²) >= 11 is 1.24. The van der Waals surface area contributed by atoms with Gasteiger partial charge in [0.15, 0.2) is 0 Å². The number of nitrogens with one attached hydrogen (secondary N) is 1. The van der Waals surface area contributed by atoms with Gasteiger partial charge in [0.25, 0.3) is 0 Å². The molecule has 0 aliphatic heterocycles. The molecule has 1 N–H and O–H groups in total. The van der Waals surface area contributed by atoms with E-state index in [1.807, 2.05) is 0 Å². The van der Waals surface area contributed by atoms with E-state index in [-0.39, 0.29) is 6.04 Å². The van der Waals surface area contributed by atoms with Crippen molar-refractivity contribution in [2.45, 2.75) is 31.7 Å². The number of thioether (sulfide) groups is 1. The molecule has 0 amide bonds. The molecule has 5 heteroatoms. The maximum absolute atomic E-state index is 12.7. The highest BCUT2D eigenvalue weighted by atomic mass is 32.3. The van der Waals surface area contributed by atoms with Crippen LogP contribution in [0.1, 0.15) is 24.0 Å². The van der Waals surface area contributed by atoms with Gasteiger partial charge in [-0.25, -0.2) is 13.1 Å². The predicted octanol–water partition coefficient (Wildman–Crippen LogP) is 3.49. The van der Waals surface area contributed by atoms with Crippen LogP contribution < -0.4 is 4.72 Å². The second-order valence-electron chi connectivity index (χ2n) is 6.35. The number of benzene rings is 1. The molecule has 1 fully saturated rings. The van der Waals surface area contributed by atoms with Gasteiger partial charge in [0.2, 0.25) is 10.0 Å². The van der Waals surface area contributed by atoms with Gasteiger partial charge < -0.3 is 0 Å². The van der Waals surface area contributed by atoms with Crippen LogP contribution >= 0.6 is 11.8 Å². The lowest BCUT2D eigenvalue weighted by molar-refractivity contribution is 0.388. The van der Waals surface area contributed by atoms with Gasteiger partial charge in [-0.1, -0.05) is 36.9 Å². The average molecular weight is 350 g/mol. The number of allylic oxidation sites excluding steroid dienone is 2. The number of hydrogen-bond donors (Lipinski definition) is 1. The van der Waals surface area contributed by atoms with E-state index in [1.165, 1.54) is 29.0 Å². The molecule has 2 atom stereocenters. The first kappa shape index (κ1) is 16.8. The molecule has 1 aromatic carbocycles. The summed E-state index contributed by atoms with van der Waals surface area (Å²) in [7, 11) is -3.46. The molecule has 3 nitrogen and oxygen atoms in total. The normalized spacial score (nSPS) is 27.3. The van der Waals surface area contributed by atoms with E-state index in [9.17, 15) is 8.42 Å². The van der Waals surface area contributed by atoms with Gasteiger partial charge in [0, 0.05) is 6.04 Å². The fourth-order valence-corrected chi connectivity index (χ4v) is 6.33. The van der Waals surface area contributed by atoms with Gasteiger partial charge in [-0.2, -0.15) is 0 Å². The van der Waals surface area contributed by atoms with Crippen molar-refractivity contribution < 1.29 is 8.42 Å². The van der Waals surface area contributed by atoms with E-state index in [2.05, 4.69) is 35.6 Å². The highest BCUT2D eigenvalue weighted by Gasteiger charge is 2.41. The lowest BCUT2D eigenvalue weighted by Crippen LogP contribution is -2.42. The highest BCUT2D eigenvalue weighted by Crippen LogP contribution is 2.40. The summed E-state index contributed by atoms with van der Waals surface area (Å²) in [4.78, 5) is 0. The minimum Gasteiger partial charge on any atom is -0.207 e. The molecule has 2 bridgehead atoms. The lowest BCUT2D eigenvalue weighted by atomic mass is 9.94. The molecule has 23 heavy (non-hydrogen) atoms. The third-order valence-corrected chi connectivity index (χ3v) is 7.96. The molecule has 0 saturated heterocycles. The molecule has 3 rings (SSSR count). The molecule has 0 aromatic heterocycles. The second-order valence-corrected chi connectivity index (χ2v) is 9.14. The highest BCUT2D eigenvalue weighted by molar-refractivity contribution is 8.17. The van der Waals surface area contributed by atoms with Crippen molar-refractivity contribution in [3.05, 3.63) is 58.4 Å². The summed E-state index contributed by atoms with van der Waals surface area (Å²) < 4.78 is 28.7. The molecule has 0 heterocycles. The Balaban J connectivity index is 1.85. The first-order chi connectivity index (χ1) is 11.0. The van der Waals surface area contributed by atoms with Crippen molar-refractivity contribution in [1.82, 2.24) is 4.72 Å². The van der Waals surface area contributed by atoms with Crippen LogP contribution in [-0.2, 0) is 22.9 Å². The van der Waals surface area contributed by atoms with Crippen LogP contribution in [0.25, 0.3) is 0 Å². The zero-order chi connectivity index (χ0) is 16.4. The van der Waals surface area contributed by atoms with E-state index < -0.39 is 10.0 Å². The van der Waals surface area contributed by atoms with Crippen molar-refractivity contribution in [2.24, 2.45) is 11.8 Å². The summed E-state index contributed by atoms with van der Waals surface area (Å²) in [5.41, 5.74) is 2.77. The Kier molecular flexibility index (Phi) is 4.99. The number of fused-ring (bicyclic) bond motifs is 3. The van der Waals surface area contributed by atoms with Gasteiger partial charge >= 0.3 is 0 Å². The Bertz CT molecular complexity index is 691. The summed E-state index contributed by atoms with van der Waals surface area (Å²) in [6.07, 6.45) is 9.03. The lowest BCUT2D eigenvalue weighted by Gasteiger charge is -2.24. The van der Waals surface area contributed by atoms with Crippen LogP contribution in [0.2, 0.25) is 0 Å². The first-order valence-electron chi connectivity index (χ1n) is 8.01. The summed E-state index contributed by atoms with van der Waals surface area (Å²) in [6.45, 7) is 3.61. The molecule has 0 spiro atoms. The topological polar surface area (TPSA) is 46.2 Å². The minimum atomic E-state index is -3.46. The van der Waals surface area contributed by atoms with Crippen LogP contribution in [0, 0.1) is 11.8 Å². The fraction of sp³-hybridized carbons (Fsp3) is 0.444. The van der Waals surface area contributed by atoms with Crippen LogP contribution in [0.4, 0.5) is 0 Å². The molecular weight excluding hydrogens is 326 g/mol. The molecular formula is C18H23NO2S2. The Morgan fingerprint density at radius 3 is 2.26 bits per heavy atom. The van der Waals surface area contributed by atoms with Crippen molar-refractivity contribution in [2.75, 3.05) is 6.26 Å². The third-order valence-electron chi connectivity index (χ3n) is 5.02. The zero-order valence-electron chi connectivity index (χ0n) is 13.4. The smallest absolute Gasteiger partial charge is 0.207 e. The Morgan fingerprint density at radius 1 is 1.22 bits per heavy atom. The van der Waals surface area contributed by atoms with Gasteiger partial charge in [0.1, 0.15) is 4.24 Å². The fourth-order valence-electron chi connectivity index (χ4n) is 3.94. The predicted molar refractivity (Wildman–Crippen MR) is 97.7 cm³/mol. The Morgan fingerprint density at radius 2 is 1.78 bits per heavy atom. The van der Waals surface area contributed by atoms with Crippen LogP contribution in [0.5, 0.6) is 0 Å². The van der Waals surface area contributed by atoms with Gasteiger partial charge in [-0.15, -0.1) is 11.8 Å². The Hall–Kier alpha value is -1.04. The van der Waals surface area contributed by atoms with Crippen molar-refractivity contribution >= 4 is 21.8 Å². The summed E-state index contributed by atoms with van der Waals surface area (Å²) in [5, 5.41) is 0. The van der Waals surface area contributed by atoms with Gasteiger partial charge in [-0.3, -0.25) is 0 Å². The number of sulfonamides is 1. The van der Waals surface area contributed by atoms with Gasteiger partial charge in [-0.05, 0) is 61.0 Å². The minimum absolute atomic E-state index is 0.0350. The van der Waals surface area contributed by atoms with Crippen LogP contribution in [0.3, 0.4) is 0 Å². The molecule has 124 valence electrons. The number of rotatable bonds is 5. The monoisotopic (exact) mass is 349 g/mol. The van der Waals surface area contributed by atoms with E-state index in [1.54, 1.807) is 12.3 Å². The average Bonchev–Trinajstić information content (AvgIpc) is 2.78. The summed E-state index contributed by atoms with van der Waals surface area (Å²) in [5.74, 6) is 0.788. The first-order valence-corrected chi connectivity index (χ1v) is 10.7. The van der Waals surface area contributed by atoms with E-state index in [0.717, 1.165) is 25.7 Å². The maximum atomic E-state index is 12.7. The van der Waals surface area contributed by atoms with Crippen molar-refractivity contribution in [3.63, 3.8) is 0 Å². The second kappa shape index (κ2) is 6.83. The third kappa shape index (κ3) is 3.42. The van der Waals surface area contributed by atoms with E-state index in [4.69, 9.17) is 0 Å². The molecule has 0 radical (unpaired) electrons. The standard InChI is InChI=1S/C18H23NO2S2/c1-3-6-17(22-2)23(20,21)19-18-15-9-10-16(18)12-14-8-5-4-7-13(14)11-15/h3-8,15-16,18-19H,1,9-12H2,2H3/b17-6+. The quantitative estimate of drug-likeness (QED) is 0.828. The molecule has 2 aliphatic rings. The maximum Gasteiger partial charge on any atom is 0.246 e. The van der Waals surface area contributed by atoms with Crippen molar-refractivity contribution in [1.29, 1.82) is 0 Å². The van der Waals surface area contributed by atoms with Crippen LogP contribution in [0.15, 0.2) is 47.2 Å². The molecule has 1 aromatic rings.